The third-order valence-electron chi connectivity index (χ3n) is 3.75. The molecule has 0 aliphatic carbocycles. The summed E-state index contributed by atoms with van der Waals surface area (Å²) in [6, 6.07) is 6.43. The number of carbonyl (C=O) groups excluding carboxylic acids is 1. The molecule has 116 valence electrons. The average Bonchev–Trinajstić information content (AvgIpc) is 2.95. The van der Waals surface area contributed by atoms with Gasteiger partial charge in [0.2, 0.25) is 0 Å². The van der Waals surface area contributed by atoms with E-state index in [9.17, 15) is 9.18 Å². The molecule has 0 saturated carbocycles. The van der Waals surface area contributed by atoms with E-state index in [2.05, 4.69) is 15.6 Å². The number of piperazine rings is 1. The molecule has 7 heteroatoms. The molecule has 0 radical (unpaired) electrons. The van der Waals surface area contributed by atoms with Gasteiger partial charge in [-0.2, -0.15) is 0 Å². The smallest absolute Gasteiger partial charge is 0.276 e. The van der Waals surface area contributed by atoms with Crippen LogP contribution in [-0.2, 0) is 6.54 Å². The molecule has 1 aromatic heterocycles. The number of nitrogens with one attached hydrogen (secondary N) is 1. The van der Waals surface area contributed by atoms with Crippen molar-refractivity contribution < 1.29 is 9.18 Å². The Balaban J connectivity index is 1.71. The predicted octanol–water partition coefficient (Wildman–Crippen LogP) is 0.899. The quantitative estimate of drug-likeness (QED) is 0.915. The van der Waals surface area contributed by atoms with Crippen LogP contribution in [0.1, 0.15) is 23.0 Å². The van der Waals surface area contributed by atoms with Crippen molar-refractivity contribution in [2.45, 2.75) is 19.5 Å². The summed E-state index contributed by atoms with van der Waals surface area (Å²) in [5.41, 5.74) is 1.10. The van der Waals surface area contributed by atoms with E-state index in [-0.39, 0.29) is 17.8 Å². The van der Waals surface area contributed by atoms with E-state index >= 15 is 0 Å². The molecule has 1 saturated heterocycles. The molecule has 0 spiro atoms. The number of nitrogens with zero attached hydrogens (tertiary/aromatic N) is 4. The molecule has 6 nitrogen and oxygen atoms in total. The van der Waals surface area contributed by atoms with Gasteiger partial charge >= 0.3 is 0 Å². The van der Waals surface area contributed by atoms with Crippen LogP contribution in [0, 0.1) is 5.82 Å². The average molecular weight is 303 g/mol. The van der Waals surface area contributed by atoms with Gasteiger partial charge in [0.05, 0.1) is 12.7 Å². The zero-order chi connectivity index (χ0) is 15.5. The molecule has 0 bridgehead atoms. The summed E-state index contributed by atoms with van der Waals surface area (Å²) >= 11 is 0. The Morgan fingerprint density at radius 2 is 2.36 bits per heavy atom. The zero-order valence-corrected chi connectivity index (χ0v) is 12.4. The minimum Gasteiger partial charge on any atom is -0.332 e. The molecule has 0 unspecified atom stereocenters. The second-order valence-electron chi connectivity index (χ2n) is 5.48. The van der Waals surface area contributed by atoms with Crippen LogP contribution in [0.3, 0.4) is 0 Å². The fraction of sp³-hybridized carbons (Fsp3) is 0.400. The lowest BCUT2D eigenvalue weighted by Gasteiger charge is -2.33. The summed E-state index contributed by atoms with van der Waals surface area (Å²) in [7, 11) is 0. The van der Waals surface area contributed by atoms with Crippen molar-refractivity contribution in [2.24, 2.45) is 0 Å². The van der Waals surface area contributed by atoms with Crippen molar-refractivity contribution in [3.05, 3.63) is 47.5 Å². The van der Waals surface area contributed by atoms with E-state index in [0.717, 1.165) is 18.7 Å². The second kappa shape index (κ2) is 6.23. The molecule has 22 heavy (non-hydrogen) atoms. The molecule has 3 rings (SSSR count). The van der Waals surface area contributed by atoms with Crippen LogP contribution in [0.2, 0.25) is 0 Å². The standard InChI is InChI=1S/C15H18FN5O/c1-11-8-17-5-6-21(11)15(22)14-10-20(19-18-14)9-12-3-2-4-13(16)7-12/h2-4,7,10-11,17H,5-6,8-9H2,1H3/t11-/m1/s1. The first-order valence-electron chi connectivity index (χ1n) is 7.30. The highest BCUT2D eigenvalue weighted by molar-refractivity contribution is 5.92. The molecule has 2 heterocycles. The first-order chi connectivity index (χ1) is 10.6. The predicted molar refractivity (Wildman–Crippen MR) is 78.9 cm³/mol. The molecule has 1 aliphatic heterocycles. The third-order valence-corrected chi connectivity index (χ3v) is 3.75. The molecule has 1 fully saturated rings. The van der Waals surface area contributed by atoms with Gasteiger partial charge in [-0.25, -0.2) is 9.07 Å². The molecular formula is C15H18FN5O. The van der Waals surface area contributed by atoms with Gasteiger partial charge in [0.25, 0.3) is 5.91 Å². The van der Waals surface area contributed by atoms with Crippen molar-refractivity contribution in [1.29, 1.82) is 0 Å². The topological polar surface area (TPSA) is 63.1 Å². The molecule has 1 amide bonds. The van der Waals surface area contributed by atoms with Gasteiger partial charge < -0.3 is 10.2 Å². The van der Waals surface area contributed by atoms with Crippen molar-refractivity contribution in [1.82, 2.24) is 25.2 Å². The Hall–Kier alpha value is -2.28. The fourth-order valence-electron chi connectivity index (χ4n) is 2.59. The number of benzene rings is 1. The van der Waals surface area contributed by atoms with Crippen molar-refractivity contribution in [3.8, 4) is 0 Å². The summed E-state index contributed by atoms with van der Waals surface area (Å²) in [5, 5.41) is 11.2. The highest BCUT2D eigenvalue weighted by Crippen LogP contribution is 2.10. The largest absolute Gasteiger partial charge is 0.332 e. The van der Waals surface area contributed by atoms with Crippen molar-refractivity contribution in [2.75, 3.05) is 19.6 Å². The lowest BCUT2D eigenvalue weighted by atomic mass is 10.2. The summed E-state index contributed by atoms with van der Waals surface area (Å²) in [6.45, 7) is 4.61. The van der Waals surface area contributed by atoms with Crippen molar-refractivity contribution >= 4 is 5.91 Å². The maximum Gasteiger partial charge on any atom is 0.276 e. The van der Waals surface area contributed by atoms with E-state index < -0.39 is 0 Å². The fourth-order valence-corrected chi connectivity index (χ4v) is 2.59. The van der Waals surface area contributed by atoms with Gasteiger partial charge in [-0.15, -0.1) is 5.10 Å². The van der Waals surface area contributed by atoms with Crippen LogP contribution < -0.4 is 5.32 Å². The van der Waals surface area contributed by atoms with Gasteiger partial charge in [0, 0.05) is 25.7 Å². The summed E-state index contributed by atoms with van der Waals surface area (Å²) in [5.74, 6) is -0.400. The molecule has 1 atom stereocenters. The number of carbonyl (C=O) groups is 1. The summed E-state index contributed by atoms with van der Waals surface area (Å²) in [4.78, 5) is 14.3. The van der Waals surface area contributed by atoms with E-state index in [1.54, 1.807) is 21.8 Å². The Morgan fingerprint density at radius 3 is 3.14 bits per heavy atom. The van der Waals surface area contributed by atoms with Crippen LogP contribution in [0.5, 0.6) is 0 Å². The Kier molecular flexibility index (Phi) is 4.15. The second-order valence-corrected chi connectivity index (χ2v) is 5.48. The monoisotopic (exact) mass is 303 g/mol. The number of rotatable bonds is 3. The lowest BCUT2D eigenvalue weighted by molar-refractivity contribution is 0.0649. The Bertz CT molecular complexity index is 671. The van der Waals surface area contributed by atoms with E-state index in [1.807, 2.05) is 13.0 Å². The van der Waals surface area contributed by atoms with E-state index in [4.69, 9.17) is 0 Å². The molecular weight excluding hydrogens is 285 g/mol. The van der Waals surface area contributed by atoms with Crippen LogP contribution in [0.25, 0.3) is 0 Å². The van der Waals surface area contributed by atoms with Gasteiger partial charge in [-0.1, -0.05) is 17.3 Å². The molecule has 1 N–H and O–H groups in total. The first-order valence-corrected chi connectivity index (χ1v) is 7.30. The Labute approximate surface area is 127 Å². The van der Waals surface area contributed by atoms with E-state index in [1.165, 1.54) is 12.1 Å². The van der Waals surface area contributed by atoms with Crippen LogP contribution in [0.4, 0.5) is 4.39 Å². The SMILES string of the molecule is C[C@@H]1CNCCN1C(=O)c1cn(Cc2cccc(F)c2)nn1. The minimum absolute atomic E-state index is 0.112. The van der Waals surface area contributed by atoms with Crippen LogP contribution in [0.15, 0.2) is 30.5 Å². The number of hydrogen-bond donors (Lipinski definition) is 1. The number of halogens is 1. The summed E-state index contributed by atoms with van der Waals surface area (Å²) < 4.78 is 14.7. The van der Waals surface area contributed by atoms with Gasteiger partial charge in [-0.3, -0.25) is 4.79 Å². The van der Waals surface area contributed by atoms with Gasteiger partial charge in [-0.05, 0) is 24.6 Å². The van der Waals surface area contributed by atoms with Gasteiger partial charge in [0.1, 0.15) is 5.82 Å². The van der Waals surface area contributed by atoms with Crippen LogP contribution in [-0.4, -0.2) is 51.5 Å². The number of amides is 1. The van der Waals surface area contributed by atoms with Gasteiger partial charge in [0.15, 0.2) is 5.69 Å². The normalized spacial score (nSPS) is 18.5. The molecule has 1 aliphatic rings. The minimum atomic E-state index is -0.288. The number of hydrogen-bond acceptors (Lipinski definition) is 4. The van der Waals surface area contributed by atoms with Crippen LogP contribution >= 0.6 is 0 Å². The highest BCUT2D eigenvalue weighted by Gasteiger charge is 2.25. The third kappa shape index (κ3) is 3.14. The molecule has 2 aromatic rings. The first kappa shape index (κ1) is 14.6. The Morgan fingerprint density at radius 1 is 1.50 bits per heavy atom. The lowest BCUT2D eigenvalue weighted by Crippen LogP contribution is -2.52. The zero-order valence-electron chi connectivity index (χ0n) is 12.4. The number of aromatic nitrogens is 3. The van der Waals surface area contributed by atoms with Crippen molar-refractivity contribution in [3.63, 3.8) is 0 Å². The maximum absolute atomic E-state index is 13.2. The highest BCUT2D eigenvalue weighted by atomic mass is 19.1. The molecule has 1 aromatic carbocycles. The van der Waals surface area contributed by atoms with E-state index in [0.29, 0.717) is 18.8 Å². The summed E-state index contributed by atoms with van der Waals surface area (Å²) in [6.07, 6.45) is 1.61. The maximum atomic E-state index is 13.2.